The zero-order valence-electron chi connectivity index (χ0n) is 16.1. The highest BCUT2D eigenvalue weighted by Gasteiger charge is 2.51. The largest absolute Gasteiger partial charge is 0.342 e. The van der Waals surface area contributed by atoms with Gasteiger partial charge >= 0.3 is 0 Å². The molecule has 1 aromatic rings. The number of nitrogens with zero attached hydrogens (tertiary/aromatic N) is 3. The van der Waals surface area contributed by atoms with E-state index in [1.165, 1.54) is 0 Å². The first kappa shape index (κ1) is 18.0. The monoisotopic (exact) mass is 369 g/mol. The van der Waals surface area contributed by atoms with Crippen LogP contribution in [0.25, 0.3) is 0 Å². The molecule has 3 aliphatic rings. The van der Waals surface area contributed by atoms with Gasteiger partial charge in [-0.1, -0.05) is 18.2 Å². The Morgan fingerprint density at radius 3 is 2.48 bits per heavy atom. The lowest BCUT2D eigenvalue weighted by molar-refractivity contribution is -0.142. The fourth-order valence-corrected chi connectivity index (χ4v) is 5.03. The number of benzene rings is 1. The van der Waals surface area contributed by atoms with Crippen molar-refractivity contribution < 1.29 is 14.4 Å². The molecule has 2 saturated heterocycles. The molecule has 1 atom stereocenters. The third-order valence-electron chi connectivity index (χ3n) is 6.64. The van der Waals surface area contributed by atoms with Gasteiger partial charge in [-0.3, -0.25) is 14.4 Å². The number of carbonyl (C=O) groups is 3. The number of hydrogen-bond donors (Lipinski definition) is 0. The Morgan fingerprint density at radius 2 is 1.78 bits per heavy atom. The van der Waals surface area contributed by atoms with Crippen LogP contribution in [-0.2, 0) is 19.8 Å². The van der Waals surface area contributed by atoms with Crippen molar-refractivity contribution in [1.82, 2.24) is 9.80 Å². The van der Waals surface area contributed by atoms with E-state index in [1.807, 2.05) is 30.1 Å². The summed E-state index contributed by atoms with van der Waals surface area (Å²) in [6.45, 7) is 4.05. The molecule has 0 saturated carbocycles. The predicted molar refractivity (Wildman–Crippen MR) is 102 cm³/mol. The van der Waals surface area contributed by atoms with E-state index in [0.29, 0.717) is 32.5 Å². The molecule has 0 radical (unpaired) electrons. The number of piperidine rings is 2. The van der Waals surface area contributed by atoms with Gasteiger partial charge < -0.3 is 14.7 Å². The number of likely N-dealkylation sites (N-methyl/N-ethyl adjacent to an activating group) is 1. The Bertz CT molecular complexity index is 783. The number of fused-ring (bicyclic) bond motifs is 2. The van der Waals surface area contributed by atoms with Gasteiger partial charge in [0.25, 0.3) is 0 Å². The van der Waals surface area contributed by atoms with Gasteiger partial charge in [-0.15, -0.1) is 0 Å². The summed E-state index contributed by atoms with van der Waals surface area (Å²) in [5.74, 6) is 0.228. The van der Waals surface area contributed by atoms with Crippen molar-refractivity contribution in [2.45, 2.75) is 38.0 Å². The number of amides is 3. The third kappa shape index (κ3) is 2.82. The average Bonchev–Trinajstić information content (AvgIpc) is 2.91. The minimum Gasteiger partial charge on any atom is -0.342 e. The highest BCUT2D eigenvalue weighted by Crippen LogP contribution is 2.47. The van der Waals surface area contributed by atoms with Crippen LogP contribution in [-0.4, -0.2) is 60.7 Å². The molecule has 6 heteroatoms. The van der Waals surface area contributed by atoms with E-state index in [1.54, 1.807) is 16.7 Å². The van der Waals surface area contributed by atoms with Crippen LogP contribution in [0.15, 0.2) is 24.3 Å². The molecule has 3 aliphatic heterocycles. The van der Waals surface area contributed by atoms with E-state index in [-0.39, 0.29) is 23.6 Å². The Morgan fingerprint density at radius 1 is 1.07 bits per heavy atom. The molecule has 27 heavy (non-hydrogen) atoms. The van der Waals surface area contributed by atoms with Crippen LogP contribution in [0.1, 0.15) is 38.2 Å². The second-order valence-corrected chi connectivity index (χ2v) is 8.09. The quantitative estimate of drug-likeness (QED) is 0.758. The summed E-state index contributed by atoms with van der Waals surface area (Å²) in [7, 11) is 1.84. The van der Waals surface area contributed by atoms with Gasteiger partial charge in [-0.25, -0.2) is 0 Å². The lowest BCUT2D eigenvalue weighted by Crippen LogP contribution is -2.52. The first-order valence-electron chi connectivity index (χ1n) is 9.86. The van der Waals surface area contributed by atoms with Gasteiger partial charge in [-0.05, 0) is 37.3 Å². The third-order valence-corrected chi connectivity index (χ3v) is 6.64. The number of likely N-dealkylation sites (tertiary alicyclic amines) is 2. The van der Waals surface area contributed by atoms with Crippen LogP contribution < -0.4 is 4.90 Å². The fraction of sp³-hybridized carbons (Fsp3) is 0.571. The molecule has 0 bridgehead atoms. The zero-order valence-corrected chi connectivity index (χ0v) is 16.1. The van der Waals surface area contributed by atoms with Crippen LogP contribution in [0.3, 0.4) is 0 Å². The van der Waals surface area contributed by atoms with E-state index in [0.717, 1.165) is 30.6 Å². The van der Waals surface area contributed by atoms with E-state index >= 15 is 0 Å². The summed E-state index contributed by atoms with van der Waals surface area (Å²) >= 11 is 0. The molecular formula is C21H27N3O3. The van der Waals surface area contributed by atoms with E-state index < -0.39 is 5.41 Å². The summed E-state index contributed by atoms with van der Waals surface area (Å²) in [6.07, 6.45) is 3.06. The number of carbonyl (C=O) groups excluding carboxylic acids is 3. The lowest BCUT2D eigenvalue weighted by Gasteiger charge is -2.41. The van der Waals surface area contributed by atoms with Gasteiger partial charge in [0, 0.05) is 45.8 Å². The standard InChI is InChI=1S/C21H27N3O3/c1-15(25)24-11-5-6-16(14-24)19(26)23-12-9-21(10-13-23)17-7-3-4-8-18(17)22(2)20(21)27/h3-4,7-8,16H,5-6,9-14H2,1-2H3/t16-/m0/s1. The maximum Gasteiger partial charge on any atom is 0.237 e. The molecule has 3 amide bonds. The minimum absolute atomic E-state index is 0.0429. The second kappa shape index (κ2) is 6.66. The van der Waals surface area contributed by atoms with Crippen molar-refractivity contribution >= 4 is 23.4 Å². The summed E-state index contributed by atoms with van der Waals surface area (Å²) in [5, 5.41) is 0. The van der Waals surface area contributed by atoms with Gasteiger partial charge in [0.1, 0.15) is 0 Å². The molecule has 0 aromatic heterocycles. The van der Waals surface area contributed by atoms with Gasteiger partial charge in [-0.2, -0.15) is 0 Å². The van der Waals surface area contributed by atoms with E-state index in [9.17, 15) is 14.4 Å². The topological polar surface area (TPSA) is 60.9 Å². The maximum absolute atomic E-state index is 13.0. The fourth-order valence-electron chi connectivity index (χ4n) is 5.03. The van der Waals surface area contributed by atoms with Crippen molar-refractivity contribution in [3.63, 3.8) is 0 Å². The number of rotatable bonds is 1. The molecule has 1 aromatic carbocycles. The van der Waals surface area contributed by atoms with Gasteiger partial charge in [0.15, 0.2) is 0 Å². The van der Waals surface area contributed by atoms with E-state index in [2.05, 4.69) is 6.07 Å². The first-order valence-corrected chi connectivity index (χ1v) is 9.86. The highest BCUT2D eigenvalue weighted by molar-refractivity contribution is 6.08. The summed E-state index contributed by atoms with van der Waals surface area (Å²) in [6, 6.07) is 8.00. The van der Waals surface area contributed by atoms with Crippen molar-refractivity contribution in [2.75, 3.05) is 38.1 Å². The van der Waals surface area contributed by atoms with Crippen LogP contribution in [0.5, 0.6) is 0 Å². The van der Waals surface area contributed by atoms with Gasteiger partial charge in [0.2, 0.25) is 17.7 Å². The Labute approximate surface area is 160 Å². The number of para-hydroxylation sites is 1. The van der Waals surface area contributed by atoms with Crippen LogP contribution in [0.2, 0.25) is 0 Å². The summed E-state index contributed by atoms with van der Waals surface area (Å²) in [5.41, 5.74) is 1.61. The summed E-state index contributed by atoms with van der Waals surface area (Å²) < 4.78 is 0. The van der Waals surface area contributed by atoms with Gasteiger partial charge in [0.05, 0.1) is 11.3 Å². The molecule has 0 aliphatic carbocycles. The van der Waals surface area contributed by atoms with Crippen molar-refractivity contribution in [1.29, 1.82) is 0 Å². The van der Waals surface area contributed by atoms with Crippen LogP contribution in [0, 0.1) is 5.92 Å². The van der Waals surface area contributed by atoms with Crippen LogP contribution in [0.4, 0.5) is 5.69 Å². The second-order valence-electron chi connectivity index (χ2n) is 8.09. The summed E-state index contributed by atoms with van der Waals surface area (Å²) in [4.78, 5) is 43.1. The smallest absolute Gasteiger partial charge is 0.237 e. The Hall–Kier alpha value is -2.37. The lowest BCUT2D eigenvalue weighted by atomic mass is 9.73. The first-order chi connectivity index (χ1) is 12.9. The maximum atomic E-state index is 13.0. The molecule has 1 spiro atoms. The number of hydrogen-bond acceptors (Lipinski definition) is 3. The molecule has 2 fully saturated rings. The molecule has 0 unspecified atom stereocenters. The molecule has 3 heterocycles. The molecule has 4 rings (SSSR count). The normalized spacial score (nSPS) is 24.3. The molecule has 6 nitrogen and oxygen atoms in total. The predicted octanol–water partition coefficient (Wildman–Crippen LogP) is 1.78. The zero-order chi connectivity index (χ0) is 19.2. The van der Waals surface area contributed by atoms with E-state index in [4.69, 9.17) is 0 Å². The number of anilines is 1. The molecular weight excluding hydrogens is 342 g/mol. The Balaban J connectivity index is 1.47. The SMILES string of the molecule is CC(=O)N1CCC[C@H](C(=O)N2CCC3(CC2)C(=O)N(C)c2ccccc23)C1. The highest BCUT2D eigenvalue weighted by atomic mass is 16.2. The van der Waals surface area contributed by atoms with Crippen LogP contribution >= 0.6 is 0 Å². The van der Waals surface area contributed by atoms with Crippen molar-refractivity contribution in [3.05, 3.63) is 29.8 Å². The minimum atomic E-state index is -0.486. The molecule has 0 N–H and O–H groups in total. The molecule has 144 valence electrons. The Kier molecular flexibility index (Phi) is 4.44. The average molecular weight is 369 g/mol. The van der Waals surface area contributed by atoms with Crippen molar-refractivity contribution in [3.8, 4) is 0 Å². The van der Waals surface area contributed by atoms with Crippen molar-refractivity contribution in [2.24, 2.45) is 5.92 Å².